The minimum absolute atomic E-state index is 0.715. The Morgan fingerprint density at radius 3 is 2.50 bits per heavy atom. The van der Waals surface area contributed by atoms with E-state index in [-0.39, 0.29) is 0 Å². The van der Waals surface area contributed by atoms with Crippen LogP contribution in [0, 0.1) is 23.7 Å². The van der Waals surface area contributed by atoms with Crippen LogP contribution >= 0.6 is 0 Å². The highest BCUT2D eigenvalue weighted by molar-refractivity contribution is 4.87. The first-order chi connectivity index (χ1) is 5.65. The summed E-state index contributed by atoms with van der Waals surface area (Å²) in [5, 5.41) is 0. The van der Waals surface area contributed by atoms with Crippen molar-refractivity contribution in [2.75, 3.05) is 0 Å². The van der Waals surface area contributed by atoms with Crippen molar-refractivity contribution in [3.63, 3.8) is 0 Å². The Kier molecular flexibility index (Phi) is 3.37. The molecule has 0 heteroatoms. The van der Waals surface area contributed by atoms with Crippen molar-refractivity contribution in [3.8, 4) is 0 Å². The molecule has 0 aromatic rings. The maximum Gasteiger partial charge on any atom is -0.0234 e. The quantitative estimate of drug-likeness (QED) is 0.546. The van der Waals surface area contributed by atoms with Gasteiger partial charge in [-0.15, -0.1) is 6.58 Å². The predicted molar refractivity (Wildman–Crippen MR) is 55.0 cm³/mol. The fourth-order valence-electron chi connectivity index (χ4n) is 2.64. The summed E-state index contributed by atoms with van der Waals surface area (Å²) in [6, 6.07) is 0. The number of hydrogen-bond acceptors (Lipinski definition) is 0. The van der Waals surface area contributed by atoms with Crippen molar-refractivity contribution in [3.05, 3.63) is 12.7 Å². The molecule has 0 radical (unpaired) electrons. The summed E-state index contributed by atoms with van der Waals surface area (Å²) in [7, 11) is 0. The summed E-state index contributed by atoms with van der Waals surface area (Å²) in [5.41, 5.74) is 0. The molecular weight excluding hydrogens is 144 g/mol. The van der Waals surface area contributed by atoms with E-state index >= 15 is 0 Å². The fourth-order valence-corrected chi connectivity index (χ4v) is 2.64. The van der Waals surface area contributed by atoms with Crippen LogP contribution in [0.3, 0.4) is 0 Å². The topological polar surface area (TPSA) is 0 Å². The maximum absolute atomic E-state index is 3.89. The molecule has 1 rings (SSSR count). The van der Waals surface area contributed by atoms with Crippen LogP contribution in [0.25, 0.3) is 0 Å². The van der Waals surface area contributed by atoms with Gasteiger partial charge >= 0.3 is 0 Å². The Hall–Kier alpha value is -0.260. The smallest absolute Gasteiger partial charge is 0.0234 e. The molecule has 0 amide bonds. The molecule has 0 N–H and O–H groups in total. The van der Waals surface area contributed by atoms with Crippen LogP contribution in [0.4, 0.5) is 0 Å². The molecule has 0 saturated heterocycles. The molecule has 12 heavy (non-hydrogen) atoms. The molecule has 70 valence electrons. The average molecular weight is 166 g/mol. The second-order valence-corrected chi connectivity index (χ2v) is 4.65. The van der Waals surface area contributed by atoms with Gasteiger partial charge in [0.05, 0.1) is 0 Å². The minimum atomic E-state index is 0.715. The van der Waals surface area contributed by atoms with E-state index in [0.29, 0.717) is 5.92 Å². The van der Waals surface area contributed by atoms with E-state index in [4.69, 9.17) is 0 Å². The third-order valence-corrected chi connectivity index (χ3v) is 3.54. The fraction of sp³-hybridized carbons (Fsp3) is 0.833. The molecule has 0 heterocycles. The van der Waals surface area contributed by atoms with E-state index in [1.807, 2.05) is 0 Å². The lowest BCUT2D eigenvalue weighted by Crippen LogP contribution is -2.25. The highest BCUT2D eigenvalue weighted by atomic mass is 14.3. The van der Waals surface area contributed by atoms with Crippen molar-refractivity contribution in [2.24, 2.45) is 23.7 Å². The van der Waals surface area contributed by atoms with Crippen LogP contribution in [0.1, 0.15) is 40.0 Å². The number of hydrogen-bond donors (Lipinski definition) is 0. The normalized spacial score (nSPS) is 39.1. The minimum Gasteiger partial charge on any atom is -0.103 e. The van der Waals surface area contributed by atoms with Crippen LogP contribution in [0.2, 0.25) is 0 Å². The first kappa shape index (κ1) is 9.83. The van der Waals surface area contributed by atoms with E-state index in [1.54, 1.807) is 0 Å². The van der Waals surface area contributed by atoms with Gasteiger partial charge in [0.1, 0.15) is 0 Å². The standard InChI is InChI=1S/C12H22/c1-5-10(3)12-7-6-9(2)8-11(12)4/h5,9-12H,1,6-8H2,2-4H3. The Morgan fingerprint density at radius 2 is 2.00 bits per heavy atom. The van der Waals surface area contributed by atoms with Gasteiger partial charge in [0.25, 0.3) is 0 Å². The van der Waals surface area contributed by atoms with Crippen LogP contribution < -0.4 is 0 Å². The van der Waals surface area contributed by atoms with Crippen LogP contribution in [-0.2, 0) is 0 Å². The van der Waals surface area contributed by atoms with Crippen LogP contribution in [0.5, 0.6) is 0 Å². The van der Waals surface area contributed by atoms with E-state index in [2.05, 4.69) is 33.4 Å². The molecule has 1 aliphatic rings. The Labute approximate surface area is 77.1 Å². The average Bonchev–Trinajstić information content (AvgIpc) is 2.03. The molecule has 0 aromatic carbocycles. The van der Waals surface area contributed by atoms with Gasteiger partial charge in [0, 0.05) is 0 Å². The van der Waals surface area contributed by atoms with Crippen molar-refractivity contribution in [1.82, 2.24) is 0 Å². The van der Waals surface area contributed by atoms with Crippen molar-refractivity contribution >= 4 is 0 Å². The van der Waals surface area contributed by atoms with E-state index < -0.39 is 0 Å². The Morgan fingerprint density at radius 1 is 1.33 bits per heavy atom. The highest BCUT2D eigenvalue weighted by Gasteiger charge is 2.27. The lowest BCUT2D eigenvalue weighted by molar-refractivity contribution is 0.170. The summed E-state index contributed by atoms with van der Waals surface area (Å²) in [6.45, 7) is 11.0. The van der Waals surface area contributed by atoms with E-state index in [1.165, 1.54) is 19.3 Å². The molecule has 0 spiro atoms. The Balaban J connectivity index is 2.49. The third kappa shape index (κ3) is 2.12. The molecule has 0 bridgehead atoms. The summed E-state index contributed by atoms with van der Waals surface area (Å²) in [5.74, 6) is 3.47. The van der Waals surface area contributed by atoms with Gasteiger partial charge in [-0.2, -0.15) is 0 Å². The Bertz CT molecular complexity index is 148. The molecular formula is C12H22. The lowest BCUT2D eigenvalue weighted by atomic mass is 9.70. The second-order valence-electron chi connectivity index (χ2n) is 4.65. The van der Waals surface area contributed by atoms with Crippen molar-refractivity contribution in [2.45, 2.75) is 40.0 Å². The largest absolute Gasteiger partial charge is 0.103 e. The summed E-state index contributed by atoms with van der Waals surface area (Å²) in [6.07, 6.45) is 6.38. The van der Waals surface area contributed by atoms with Gasteiger partial charge in [-0.05, 0) is 36.5 Å². The van der Waals surface area contributed by atoms with Gasteiger partial charge < -0.3 is 0 Å². The number of rotatable bonds is 2. The van der Waals surface area contributed by atoms with Gasteiger partial charge in [0.2, 0.25) is 0 Å². The number of allylic oxidation sites excluding steroid dienone is 1. The molecule has 1 aliphatic carbocycles. The molecule has 0 aliphatic heterocycles. The highest BCUT2D eigenvalue weighted by Crippen LogP contribution is 2.37. The van der Waals surface area contributed by atoms with Gasteiger partial charge in [-0.3, -0.25) is 0 Å². The van der Waals surface area contributed by atoms with Gasteiger partial charge in [-0.1, -0.05) is 33.3 Å². The summed E-state index contributed by atoms with van der Waals surface area (Å²) in [4.78, 5) is 0. The summed E-state index contributed by atoms with van der Waals surface area (Å²) < 4.78 is 0. The molecule has 4 atom stereocenters. The zero-order valence-corrected chi connectivity index (χ0v) is 8.72. The first-order valence-electron chi connectivity index (χ1n) is 5.27. The van der Waals surface area contributed by atoms with Crippen molar-refractivity contribution in [1.29, 1.82) is 0 Å². The van der Waals surface area contributed by atoms with Crippen LogP contribution in [-0.4, -0.2) is 0 Å². The lowest BCUT2D eigenvalue weighted by Gasteiger charge is -2.35. The van der Waals surface area contributed by atoms with Crippen molar-refractivity contribution < 1.29 is 0 Å². The second kappa shape index (κ2) is 4.11. The first-order valence-corrected chi connectivity index (χ1v) is 5.27. The summed E-state index contributed by atoms with van der Waals surface area (Å²) >= 11 is 0. The molecule has 1 saturated carbocycles. The van der Waals surface area contributed by atoms with Gasteiger partial charge in [-0.25, -0.2) is 0 Å². The molecule has 0 aromatic heterocycles. The van der Waals surface area contributed by atoms with E-state index in [0.717, 1.165) is 17.8 Å². The van der Waals surface area contributed by atoms with Gasteiger partial charge in [0.15, 0.2) is 0 Å². The molecule has 1 fully saturated rings. The van der Waals surface area contributed by atoms with Crippen LogP contribution in [0.15, 0.2) is 12.7 Å². The molecule has 4 unspecified atom stereocenters. The zero-order chi connectivity index (χ0) is 9.14. The molecule has 0 nitrogen and oxygen atoms in total. The zero-order valence-electron chi connectivity index (χ0n) is 8.72. The third-order valence-electron chi connectivity index (χ3n) is 3.54. The van der Waals surface area contributed by atoms with E-state index in [9.17, 15) is 0 Å². The maximum atomic E-state index is 3.89. The SMILES string of the molecule is C=CC(C)C1CCC(C)CC1C. The predicted octanol–water partition coefficient (Wildman–Crippen LogP) is 3.88. The monoisotopic (exact) mass is 166 g/mol.